The van der Waals surface area contributed by atoms with Gasteiger partial charge in [-0.3, -0.25) is 0 Å². The van der Waals surface area contributed by atoms with Crippen LogP contribution in [-0.2, 0) is 10.0 Å². The van der Waals surface area contributed by atoms with Crippen LogP contribution in [0.3, 0.4) is 0 Å². The number of nitrogens with zero attached hydrogens (tertiary/aromatic N) is 2. The lowest BCUT2D eigenvalue weighted by Gasteiger charge is -2.31. The maximum atomic E-state index is 13.3. The van der Waals surface area contributed by atoms with Crippen molar-refractivity contribution in [3.63, 3.8) is 0 Å². The van der Waals surface area contributed by atoms with E-state index in [2.05, 4.69) is 20.8 Å². The van der Waals surface area contributed by atoms with Gasteiger partial charge in [-0.25, -0.2) is 12.8 Å². The molecule has 0 radical (unpaired) electrons. The Balaban J connectivity index is 2.37. The quantitative estimate of drug-likeness (QED) is 0.810. The molecule has 5 nitrogen and oxygen atoms in total. The van der Waals surface area contributed by atoms with Gasteiger partial charge in [0.25, 0.3) is 0 Å². The third-order valence-corrected chi connectivity index (χ3v) is 5.99. The highest BCUT2D eigenvalue weighted by atomic mass is 79.9. The number of piperazine rings is 1. The van der Waals surface area contributed by atoms with E-state index in [1.165, 1.54) is 4.31 Å². The van der Waals surface area contributed by atoms with Crippen LogP contribution in [0, 0.1) is 5.82 Å². The molecule has 0 saturated carbocycles. The average Bonchev–Trinajstić information content (AvgIpc) is 2.34. The first-order valence-electron chi connectivity index (χ1n) is 5.75. The van der Waals surface area contributed by atoms with Crippen LogP contribution < -0.4 is 5.73 Å². The van der Waals surface area contributed by atoms with Gasteiger partial charge in [0, 0.05) is 30.7 Å². The molecule has 0 aromatic heterocycles. The summed E-state index contributed by atoms with van der Waals surface area (Å²) < 4.78 is 39.8. The number of anilines is 1. The summed E-state index contributed by atoms with van der Waals surface area (Å²) >= 11 is 3.08. The molecule has 1 aliphatic rings. The molecule has 106 valence electrons. The number of benzene rings is 1. The lowest BCUT2D eigenvalue weighted by molar-refractivity contribution is 0.222. The summed E-state index contributed by atoms with van der Waals surface area (Å²) in [4.78, 5) is 2.07. The molecule has 0 bridgehead atoms. The topological polar surface area (TPSA) is 66.6 Å². The van der Waals surface area contributed by atoms with Gasteiger partial charge in [0.1, 0.15) is 5.82 Å². The van der Waals surface area contributed by atoms with Crippen molar-refractivity contribution in [2.45, 2.75) is 4.90 Å². The number of hydrogen-bond donors (Lipinski definition) is 1. The fourth-order valence-electron chi connectivity index (χ4n) is 1.91. The molecule has 1 aromatic rings. The zero-order valence-corrected chi connectivity index (χ0v) is 12.8. The first-order chi connectivity index (χ1) is 8.82. The van der Waals surface area contributed by atoms with Gasteiger partial charge in [0.05, 0.1) is 10.6 Å². The summed E-state index contributed by atoms with van der Waals surface area (Å²) in [6.45, 7) is 2.19. The van der Waals surface area contributed by atoms with Crippen molar-refractivity contribution in [1.82, 2.24) is 9.21 Å². The van der Waals surface area contributed by atoms with Crippen LogP contribution in [0.15, 0.2) is 21.5 Å². The Labute approximate surface area is 120 Å². The van der Waals surface area contributed by atoms with E-state index < -0.39 is 15.8 Å². The maximum Gasteiger partial charge on any atom is 0.244 e. The Morgan fingerprint density at radius 1 is 1.26 bits per heavy atom. The lowest BCUT2D eigenvalue weighted by atomic mass is 10.3. The third kappa shape index (κ3) is 2.91. The maximum absolute atomic E-state index is 13.3. The van der Waals surface area contributed by atoms with Gasteiger partial charge in [-0.15, -0.1) is 0 Å². The highest BCUT2D eigenvalue weighted by Crippen LogP contribution is 2.29. The Kier molecular flexibility index (Phi) is 4.14. The first kappa shape index (κ1) is 14.7. The average molecular weight is 352 g/mol. The molecule has 1 aromatic carbocycles. The number of nitrogens with two attached hydrogens (primary N) is 1. The first-order valence-corrected chi connectivity index (χ1v) is 7.99. The lowest BCUT2D eigenvalue weighted by Crippen LogP contribution is -2.47. The van der Waals surface area contributed by atoms with Crippen LogP contribution in [0.25, 0.3) is 0 Å². The number of nitrogen functional groups attached to an aromatic ring is 1. The molecule has 1 aliphatic heterocycles. The van der Waals surface area contributed by atoms with Gasteiger partial charge < -0.3 is 10.6 Å². The van der Waals surface area contributed by atoms with Gasteiger partial charge in [-0.2, -0.15) is 4.31 Å². The van der Waals surface area contributed by atoms with Gasteiger partial charge in [0.2, 0.25) is 10.0 Å². The zero-order valence-electron chi connectivity index (χ0n) is 10.4. The molecule has 0 atom stereocenters. The van der Waals surface area contributed by atoms with Crippen molar-refractivity contribution in [1.29, 1.82) is 0 Å². The minimum absolute atomic E-state index is 0.0101. The molecule has 0 unspecified atom stereocenters. The molecule has 1 saturated heterocycles. The highest BCUT2D eigenvalue weighted by Gasteiger charge is 2.29. The fourth-order valence-corrected chi connectivity index (χ4v) is 4.34. The van der Waals surface area contributed by atoms with Gasteiger partial charge >= 0.3 is 0 Å². The van der Waals surface area contributed by atoms with Gasteiger partial charge in [0.15, 0.2) is 0 Å². The van der Waals surface area contributed by atoms with E-state index in [-0.39, 0.29) is 15.1 Å². The number of likely N-dealkylation sites (N-methyl/N-ethyl adjacent to an activating group) is 1. The van der Waals surface area contributed by atoms with Crippen molar-refractivity contribution in [2.75, 3.05) is 39.0 Å². The Morgan fingerprint density at radius 3 is 2.42 bits per heavy atom. The van der Waals surface area contributed by atoms with Gasteiger partial charge in [-0.1, -0.05) is 0 Å². The van der Waals surface area contributed by atoms with E-state index in [0.29, 0.717) is 26.2 Å². The van der Waals surface area contributed by atoms with E-state index in [4.69, 9.17) is 5.73 Å². The van der Waals surface area contributed by atoms with E-state index in [9.17, 15) is 12.8 Å². The van der Waals surface area contributed by atoms with Crippen molar-refractivity contribution in [3.8, 4) is 0 Å². The van der Waals surface area contributed by atoms with E-state index in [1.54, 1.807) is 0 Å². The SMILES string of the molecule is CN1CCN(S(=O)(=O)c2cc(N)c(F)cc2Br)CC1. The summed E-state index contributed by atoms with van der Waals surface area (Å²) in [5.41, 5.74) is 5.28. The predicted molar refractivity (Wildman–Crippen MR) is 74.8 cm³/mol. The summed E-state index contributed by atoms with van der Waals surface area (Å²) in [5, 5.41) is 0. The summed E-state index contributed by atoms with van der Waals surface area (Å²) in [6.07, 6.45) is 0. The monoisotopic (exact) mass is 351 g/mol. The minimum atomic E-state index is -3.64. The van der Waals surface area contributed by atoms with Crippen LogP contribution >= 0.6 is 15.9 Å². The molecule has 2 N–H and O–H groups in total. The molecule has 0 amide bonds. The van der Waals surface area contributed by atoms with E-state index in [1.807, 2.05) is 7.05 Å². The van der Waals surface area contributed by atoms with Crippen LogP contribution in [0.4, 0.5) is 10.1 Å². The largest absolute Gasteiger partial charge is 0.396 e. The molecular weight excluding hydrogens is 337 g/mol. The Hall–Kier alpha value is -0.700. The zero-order chi connectivity index (χ0) is 14.2. The number of hydrogen-bond acceptors (Lipinski definition) is 4. The number of rotatable bonds is 2. The van der Waals surface area contributed by atoms with Crippen LogP contribution in [0.2, 0.25) is 0 Å². The van der Waals surface area contributed by atoms with Crippen LogP contribution in [0.1, 0.15) is 0 Å². The molecule has 0 spiro atoms. The second-order valence-corrected chi connectivity index (χ2v) is 7.27. The van der Waals surface area contributed by atoms with Crippen molar-refractivity contribution in [2.24, 2.45) is 0 Å². The Bertz CT molecular complexity index is 586. The second-order valence-electron chi connectivity index (χ2n) is 4.51. The van der Waals surface area contributed by atoms with Crippen molar-refractivity contribution in [3.05, 3.63) is 22.4 Å². The second kappa shape index (κ2) is 5.35. The molecular formula is C11H15BrFN3O2S. The smallest absolute Gasteiger partial charge is 0.244 e. The Morgan fingerprint density at radius 2 is 1.84 bits per heavy atom. The van der Waals surface area contributed by atoms with Crippen molar-refractivity contribution < 1.29 is 12.8 Å². The third-order valence-electron chi connectivity index (χ3n) is 3.13. The number of sulfonamides is 1. The molecule has 19 heavy (non-hydrogen) atoms. The van der Waals surface area contributed by atoms with Crippen LogP contribution in [-0.4, -0.2) is 50.8 Å². The normalized spacial score (nSPS) is 18.7. The number of halogens is 2. The van der Waals surface area contributed by atoms with Crippen LogP contribution in [0.5, 0.6) is 0 Å². The van der Waals surface area contributed by atoms with Gasteiger partial charge in [-0.05, 0) is 35.1 Å². The summed E-state index contributed by atoms with van der Waals surface area (Å²) in [6, 6.07) is 2.24. The predicted octanol–water partition coefficient (Wildman–Crippen LogP) is 1.11. The molecule has 1 fully saturated rings. The molecule has 2 rings (SSSR count). The fraction of sp³-hybridized carbons (Fsp3) is 0.455. The van der Waals surface area contributed by atoms with E-state index >= 15 is 0 Å². The standard InChI is InChI=1S/C11H15BrFN3O2S/c1-15-2-4-16(5-3-15)19(17,18)11-7-10(14)9(13)6-8(11)12/h6-7H,2-5,14H2,1H3. The summed E-state index contributed by atoms with van der Waals surface area (Å²) in [5.74, 6) is -0.635. The summed E-state index contributed by atoms with van der Waals surface area (Å²) in [7, 11) is -1.70. The molecule has 8 heteroatoms. The van der Waals surface area contributed by atoms with E-state index in [0.717, 1.165) is 12.1 Å². The highest BCUT2D eigenvalue weighted by molar-refractivity contribution is 9.10. The minimum Gasteiger partial charge on any atom is -0.396 e. The molecule has 0 aliphatic carbocycles. The van der Waals surface area contributed by atoms with Crippen molar-refractivity contribution >= 4 is 31.6 Å². The molecule has 1 heterocycles.